The highest BCUT2D eigenvalue weighted by molar-refractivity contribution is 6.42. The molecule has 2 amide bonds. The maximum atomic E-state index is 12.8. The second-order valence-electron chi connectivity index (χ2n) is 6.21. The normalized spacial score (nSPS) is 23.4. The highest BCUT2D eigenvalue weighted by Gasteiger charge is 2.36. The largest absolute Gasteiger partial charge is 0.378 e. The zero-order chi connectivity index (χ0) is 17.8. The summed E-state index contributed by atoms with van der Waals surface area (Å²) in [6.45, 7) is 2.27. The van der Waals surface area contributed by atoms with E-state index in [-0.39, 0.29) is 17.7 Å². The first-order valence-corrected chi connectivity index (χ1v) is 9.09. The maximum Gasteiger partial charge on any atom is 0.228 e. The van der Waals surface area contributed by atoms with Crippen LogP contribution in [0.4, 0.5) is 5.69 Å². The van der Waals surface area contributed by atoms with Gasteiger partial charge in [0.15, 0.2) is 0 Å². The number of carbonyl (C=O) groups is 2. The Hall–Kier alpha value is -1.56. The second-order valence-corrected chi connectivity index (χ2v) is 7.03. The highest BCUT2D eigenvalue weighted by atomic mass is 35.5. The predicted molar refractivity (Wildman–Crippen MR) is 97.8 cm³/mol. The SMILES string of the molecule is O=C(Nc1ccc(Cl)c(Cl)c1)[C@H]1CC=CC[C@H]1C(=O)N1CCOCC1. The van der Waals surface area contributed by atoms with Crippen LogP contribution in [0.25, 0.3) is 0 Å². The molecular weight excluding hydrogens is 363 g/mol. The molecule has 1 fully saturated rings. The average Bonchev–Trinajstić information content (AvgIpc) is 2.65. The summed E-state index contributed by atoms with van der Waals surface area (Å²) < 4.78 is 5.30. The summed E-state index contributed by atoms with van der Waals surface area (Å²) in [7, 11) is 0. The third-order valence-corrected chi connectivity index (χ3v) is 5.34. The van der Waals surface area contributed by atoms with Crippen molar-refractivity contribution in [1.82, 2.24) is 4.90 Å². The fourth-order valence-corrected chi connectivity index (χ4v) is 3.50. The van der Waals surface area contributed by atoms with E-state index in [4.69, 9.17) is 27.9 Å². The molecule has 1 N–H and O–H groups in total. The number of hydrogen-bond donors (Lipinski definition) is 1. The molecule has 1 aromatic carbocycles. The van der Waals surface area contributed by atoms with Gasteiger partial charge in [-0.05, 0) is 31.0 Å². The molecule has 0 unspecified atom stereocenters. The number of hydrogen-bond acceptors (Lipinski definition) is 3. The molecule has 0 spiro atoms. The Morgan fingerprint density at radius 1 is 1.04 bits per heavy atom. The minimum atomic E-state index is -0.394. The molecule has 1 aromatic rings. The Bertz CT molecular complexity index is 687. The smallest absolute Gasteiger partial charge is 0.228 e. The van der Waals surface area contributed by atoms with Gasteiger partial charge in [-0.2, -0.15) is 0 Å². The minimum absolute atomic E-state index is 0.0296. The lowest BCUT2D eigenvalue weighted by molar-refractivity contribution is -0.144. The Morgan fingerprint density at radius 3 is 2.40 bits per heavy atom. The zero-order valence-corrected chi connectivity index (χ0v) is 15.2. The van der Waals surface area contributed by atoms with E-state index in [0.717, 1.165) is 0 Å². The van der Waals surface area contributed by atoms with Crippen molar-refractivity contribution in [3.05, 3.63) is 40.4 Å². The lowest BCUT2D eigenvalue weighted by atomic mass is 9.81. The van der Waals surface area contributed by atoms with E-state index in [1.54, 1.807) is 23.1 Å². The van der Waals surface area contributed by atoms with E-state index in [2.05, 4.69) is 5.32 Å². The molecule has 0 saturated carbocycles. The number of allylic oxidation sites excluding steroid dienone is 2. The van der Waals surface area contributed by atoms with Crippen molar-refractivity contribution >= 4 is 40.7 Å². The van der Waals surface area contributed by atoms with Gasteiger partial charge < -0.3 is 15.0 Å². The van der Waals surface area contributed by atoms with Gasteiger partial charge in [-0.1, -0.05) is 35.4 Å². The van der Waals surface area contributed by atoms with Gasteiger partial charge in [0.25, 0.3) is 0 Å². The first-order valence-electron chi connectivity index (χ1n) is 8.33. The van der Waals surface area contributed by atoms with E-state index in [0.29, 0.717) is 54.9 Å². The van der Waals surface area contributed by atoms with Crippen molar-refractivity contribution in [2.24, 2.45) is 11.8 Å². The van der Waals surface area contributed by atoms with Crippen molar-refractivity contribution in [3.63, 3.8) is 0 Å². The molecule has 2 aliphatic rings. The van der Waals surface area contributed by atoms with Gasteiger partial charge in [0, 0.05) is 18.8 Å². The van der Waals surface area contributed by atoms with Gasteiger partial charge in [-0.25, -0.2) is 0 Å². The van der Waals surface area contributed by atoms with Crippen LogP contribution < -0.4 is 5.32 Å². The number of anilines is 1. The molecule has 25 heavy (non-hydrogen) atoms. The summed E-state index contributed by atoms with van der Waals surface area (Å²) in [5.74, 6) is -0.878. The molecule has 134 valence electrons. The highest BCUT2D eigenvalue weighted by Crippen LogP contribution is 2.30. The number of rotatable bonds is 3. The summed E-state index contributed by atoms with van der Waals surface area (Å²) in [6, 6.07) is 4.94. The summed E-state index contributed by atoms with van der Waals surface area (Å²) in [4.78, 5) is 27.4. The first-order chi connectivity index (χ1) is 12.1. The summed E-state index contributed by atoms with van der Waals surface area (Å²) in [5.41, 5.74) is 0.575. The van der Waals surface area contributed by atoms with Gasteiger partial charge in [-0.15, -0.1) is 0 Å². The molecule has 7 heteroatoms. The summed E-state index contributed by atoms with van der Waals surface area (Å²) >= 11 is 11.9. The van der Waals surface area contributed by atoms with Crippen LogP contribution in [0.15, 0.2) is 30.4 Å². The minimum Gasteiger partial charge on any atom is -0.378 e. The molecule has 0 bridgehead atoms. The third kappa shape index (κ3) is 4.35. The van der Waals surface area contributed by atoms with E-state index < -0.39 is 5.92 Å². The van der Waals surface area contributed by atoms with E-state index in [1.807, 2.05) is 12.2 Å². The van der Waals surface area contributed by atoms with Crippen LogP contribution in [0.1, 0.15) is 12.8 Å². The Kier molecular flexibility index (Phi) is 5.99. The standard InChI is InChI=1S/C18H20Cl2N2O3/c19-15-6-5-12(11-16(15)20)21-17(23)13-3-1-2-4-14(13)18(24)22-7-9-25-10-8-22/h1-2,5-6,11,13-14H,3-4,7-10H2,(H,21,23)/t13-,14+/m0/s1. The number of nitrogens with zero attached hydrogens (tertiary/aromatic N) is 1. The number of carbonyl (C=O) groups excluding carboxylic acids is 2. The van der Waals surface area contributed by atoms with Crippen molar-refractivity contribution in [2.45, 2.75) is 12.8 Å². The van der Waals surface area contributed by atoms with Crippen LogP contribution in [0.5, 0.6) is 0 Å². The molecule has 3 rings (SSSR count). The van der Waals surface area contributed by atoms with Gasteiger partial charge in [0.2, 0.25) is 11.8 Å². The zero-order valence-electron chi connectivity index (χ0n) is 13.7. The molecule has 0 aromatic heterocycles. The average molecular weight is 383 g/mol. The van der Waals surface area contributed by atoms with E-state index in [9.17, 15) is 9.59 Å². The fraction of sp³-hybridized carbons (Fsp3) is 0.444. The van der Waals surface area contributed by atoms with Crippen LogP contribution >= 0.6 is 23.2 Å². The quantitative estimate of drug-likeness (QED) is 0.815. The van der Waals surface area contributed by atoms with Gasteiger partial charge in [0.05, 0.1) is 35.1 Å². The third-order valence-electron chi connectivity index (χ3n) is 4.60. The van der Waals surface area contributed by atoms with E-state index >= 15 is 0 Å². The second kappa shape index (κ2) is 8.21. The molecular formula is C18H20Cl2N2O3. The molecule has 1 saturated heterocycles. The van der Waals surface area contributed by atoms with Crippen LogP contribution in [-0.4, -0.2) is 43.0 Å². The molecule has 0 radical (unpaired) electrons. The lowest BCUT2D eigenvalue weighted by Gasteiger charge is -2.34. The molecule has 5 nitrogen and oxygen atoms in total. The monoisotopic (exact) mass is 382 g/mol. The van der Waals surface area contributed by atoms with Crippen LogP contribution in [0.2, 0.25) is 10.0 Å². The maximum absolute atomic E-state index is 12.8. The molecule has 2 atom stereocenters. The number of amides is 2. The lowest BCUT2D eigenvalue weighted by Crippen LogP contribution is -2.47. The summed E-state index contributed by atoms with van der Waals surface area (Å²) in [5, 5.41) is 3.67. The fourth-order valence-electron chi connectivity index (χ4n) is 3.20. The number of nitrogens with one attached hydrogen (secondary N) is 1. The van der Waals surface area contributed by atoms with Crippen molar-refractivity contribution in [3.8, 4) is 0 Å². The van der Waals surface area contributed by atoms with Crippen LogP contribution in [0.3, 0.4) is 0 Å². The number of benzene rings is 1. The Morgan fingerprint density at radius 2 is 1.72 bits per heavy atom. The number of ether oxygens (including phenoxy) is 1. The van der Waals surface area contributed by atoms with Gasteiger partial charge in [0.1, 0.15) is 0 Å². The Balaban J connectivity index is 1.71. The van der Waals surface area contributed by atoms with Gasteiger partial charge in [-0.3, -0.25) is 9.59 Å². The predicted octanol–water partition coefficient (Wildman–Crippen LogP) is 3.37. The van der Waals surface area contributed by atoms with Crippen molar-refractivity contribution in [1.29, 1.82) is 0 Å². The van der Waals surface area contributed by atoms with E-state index in [1.165, 1.54) is 0 Å². The topological polar surface area (TPSA) is 58.6 Å². The number of morpholine rings is 1. The van der Waals surface area contributed by atoms with Crippen molar-refractivity contribution < 1.29 is 14.3 Å². The van der Waals surface area contributed by atoms with Crippen LogP contribution in [0, 0.1) is 11.8 Å². The van der Waals surface area contributed by atoms with Crippen LogP contribution in [-0.2, 0) is 14.3 Å². The molecule has 1 heterocycles. The first kappa shape index (κ1) is 18.2. The number of halogens is 2. The molecule has 1 aliphatic carbocycles. The Labute approximate surface area is 156 Å². The summed E-state index contributed by atoms with van der Waals surface area (Å²) in [6.07, 6.45) is 5.07. The van der Waals surface area contributed by atoms with Crippen molar-refractivity contribution in [2.75, 3.05) is 31.6 Å². The molecule has 1 aliphatic heterocycles. The van der Waals surface area contributed by atoms with Gasteiger partial charge >= 0.3 is 0 Å².